The SMILES string of the molecule is Cl.O=C(O)CNC(=O)CN1CCCCCC1CC(O)c1cccs1. The minimum Gasteiger partial charge on any atom is -0.480 e. The fourth-order valence-electron chi connectivity index (χ4n) is 2.98. The van der Waals surface area contributed by atoms with Crippen LogP contribution in [0.1, 0.15) is 43.1 Å². The van der Waals surface area contributed by atoms with Crippen molar-refractivity contribution in [3.8, 4) is 0 Å². The number of thiophene rings is 1. The van der Waals surface area contributed by atoms with Gasteiger partial charge >= 0.3 is 5.97 Å². The van der Waals surface area contributed by atoms with Crippen molar-refractivity contribution in [3.63, 3.8) is 0 Å². The van der Waals surface area contributed by atoms with E-state index in [1.807, 2.05) is 17.5 Å². The Morgan fingerprint density at radius 1 is 1.38 bits per heavy atom. The van der Waals surface area contributed by atoms with Crippen LogP contribution in [-0.2, 0) is 9.59 Å². The van der Waals surface area contributed by atoms with Gasteiger partial charge in [-0.1, -0.05) is 18.9 Å². The molecule has 2 unspecified atom stereocenters. The van der Waals surface area contributed by atoms with Crippen LogP contribution >= 0.6 is 23.7 Å². The second-order valence-electron chi connectivity index (χ2n) is 5.91. The summed E-state index contributed by atoms with van der Waals surface area (Å²) in [5.74, 6) is -1.32. The number of nitrogens with one attached hydrogen (secondary N) is 1. The number of nitrogens with zero attached hydrogens (tertiary/aromatic N) is 1. The first kappa shape index (κ1) is 20.9. The van der Waals surface area contributed by atoms with Gasteiger partial charge in [-0.15, -0.1) is 23.7 Å². The summed E-state index contributed by atoms with van der Waals surface area (Å²) in [5, 5.41) is 23.4. The number of carboxylic acids is 1. The van der Waals surface area contributed by atoms with Crippen LogP contribution in [0.25, 0.3) is 0 Å². The topological polar surface area (TPSA) is 89.9 Å². The number of halogens is 1. The number of carbonyl (C=O) groups is 2. The van der Waals surface area contributed by atoms with E-state index < -0.39 is 12.1 Å². The number of aliphatic hydroxyl groups excluding tert-OH is 1. The van der Waals surface area contributed by atoms with Crippen molar-refractivity contribution in [1.82, 2.24) is 10.2 Å². The maximum atomic E-state index is 11.9. The maximum Gasteiger partial charge on any atom is 0.322 e. The first-order valence-corrected chi connectivity index (χ1v) is 8.88. The van der Waals surface area contributed by atoms with E-state index in [-0.39, 0.29) is 37.4 Å². The third kappa shape index (κ3) is 6.76. The van der Waals surface area contributed by atoms with Crippen LogP contribution in [0.2, 0.25) is 0 Å². The zero-order valence-corrected chi connectivity index (χ0v) is 15.2. The summed E-state index contributed by atoms with van der Waals surface area (Å²) >= 11 is 1.54. The Labute approximate surface area is 152 Å². The largest absolute Gasteiger partial charge is 0.480 e. The molecule has 136 valence electrons. The zero-order valence-electron chi connectivity index (χ0n) is 13.5. The molecule has 1 amide bonds. The molecular formula is C16H25ClN2O4S. The quantitative estimate of drug-likeness (QED) is 0.677. The van der Waals surface area contributed by atoms with Gasteiger partial charge in [-0.3, -0.25) is 14.5 Å². The van der Waals surface area contributed by atoms with Crippen LogP contribution < -0.4 is 5.32 Å². The summed E-state index contributed by atoms with van der Waals surface area (Å²) in [6.07, 6.45) is 4.29. The van der Waals surface area contributed by atoms with Crippen molar-refractivity contribution in [3.05, 3.63) is 22.4 Å². The molecule has 24 heavy (non-hydrogen) atoms. The maximum absolute atomic E-state index is 11.9. The number of amides is 1. The van der Waals surface area contributed by atoms with Crippen molar-refractivity contribution >= 4 is 35.6 Å². The fourth-order valence-corrected chi connectivity index (χ4v) is 3.71. The number of hydrogen-bond donors (Lipinski definition) is 3. The molecule has 1 saturated heterocycles. The minimum absolute atomic E-state index is 0. The third-order valence-corrected chi connectivity index (χ3v) is 5.12. The molecule has 1 aromatic heterocycles. The molecule has 2 heterocycles. The highest BCUT2D eigenvalue weighted by Gasteiger charge is 2.26. The third-order valence-electron chi connectivity index (χ3n) is 4.15. The van der Waals surface area contributed by atoms with E-state index in [1.165, 1.54) is 11.3 Å². The lowest BCUT2D eigenvalue weighted by molar-refractivity contribution is -0.138. The van der Waals surface area contributed by atoms with E-state index in [0.29, 0.717) is 6.42 Å². The van der Waals surface area contributed by atoms with Gasteiger partial charge < -0.3 is 15.5 Å². The Bertz CT molecular complexity index is 512. The Morgan fingerprint density at radius 2 is 2.17 bits per heavy atom. The monoisotopic (exact) mass is 376 g/mol. The highest BCUT2D eigenvalue weighted by Crippen LogP contribution is 2.28. The number of likely N-dealkylation sites (tertiary alicyclic amines) is 1. The molecule has 1 aromatic rings. The van der Waals surface area contributed by atoms with Gasteiger partial charge in [0.05, 0.1) is 12.6 Å². The molecule has 0 spiro atoms. The molecule has 0 aliphatic carbocycles. The smallest absolute Gasteiger partial charge is 0.322 e. The van der Waals surface area contributed by atoms with Gasteiger partial charge in [-0.05, 0) is 37.3 Å². The highest BCUT2D eigenvalue weighted by atomic mass is 35.5. The van der Waals surface area contributed by atoms with Gasteiger partial charge in [-0.25, -0.2) is 0 Å². The fraction of sp³-hybridized carbons (Fsp3) is 0.625. The Hall–Kier alpha value is -1.15. The molecule has 0 bridgehead atoms. The van der Waals surface area contributed by atoms with E-state index in [0.717, 1.165) is 37.1 Å². The molecule has 0 radical (unpaired) electrons. The molecule has 2 rings (SSSR count). The van der Waals surface area contributed by atoms with Crippen LogP contribution in [0.4, 0.5) is 0 Å². The number of aliphatic hydroxyl groups is 1. The number of carboxylic acid groups (broad SMARTS) is 1. The first-order chi connectivity index (χ1) is 11.1. The molecule has 0 aromatic carbocycles. The minimum atomic E-state index is -1.04. The number of hydrogen-bond acceptors (Lipinski definition) is 5. The normalized spacial score (nSPS) is 19.8. The average molecular weight is 377 g/mol. The van der Waals surface area contributed by atoms with E-state index in [1.54, 1.807) is 0 Å². The molecule has 3 N–H and O–H groups in total. The van der Waals surface area contributed by atoms with Gasteiger partial charge in [0, 0.05) is 10.9 Å². The van der Waals surface area contributed by atoms with Gasteiger partial charge in [0.1, 0.15) is 6.54 Å². The summed E-state index contributed by atoms with van der Waals surface area (Å²) in [6.45, 7) is 0.645. The van der Waals surface area contributed by atoms with Crippen molar-refractivity contribution in [1.29, 1.82) is 0 Å². The second kappa shape index (κ2) is 10.7. The predicted molar refractivity (Wildman–Crippen MR) is 95.6 cm³/mol. The standard InChI is InChI=1S/C16H24N2O4S.ClH/c19-13(14-6-4-8-23-14)9-12-5-2-1-3-7-18(12)11-15(20)17-10-16(21)22;/h4,6,8,12-13,19H,1-3,5,7,9-11H2,(H,17,20)(H,21,22);1H. The van der Waals surface area contributed by atoms with E-state index in [4.69, 9.17) is 5.11 Å². The molecule has 1 fully saturated rings. The van der Waals surface area contributed by atoms with Crippen LogP contribution in [0.5, 0.6) is 0 Å². The Balaban J connectivity index is 0.00000288. The predicted octanol–water partition coefficient (Wildman–Crippen LogP) is 2.04. The molecule has 0 saturated carbocycles. The zero-order chi connectivity index (χ0) is 16.7. The average Bonchev–Trinajstić information content (AvgIpc) is 2.97. The summed E-state index contributed by atoms with van der Waals surface area (Å²) in [5.41, 5.74) is 0. The van der Waals surface area contributed by atoms with Crippen LogP contribution in [-0.4, -0.2) is 52.7 Å². The summed E-state index contributed by atoms with van der Waals surface area (Å²) in [4.78, 5) is 25.5. The Morgan fingerprint density at radius 3 is 2.83 bits per heavy atom. The van der Waals surface area contributed by atoms with Crippen molar-refractivity contribution < 1.29 is 19.8 Å². The summed E-state index contributed by atoms with van der Waals surface area (Å²) in [6, 6.07) is 3.99. The van der Waals surface area contributed by atoms with Crippen LogP contribution in [0, 0.1) is 0 Å². The van der Waals surface area contributed by atoms with Gasteiger partial charge in [0.2, 0.25) is 5.91 Å². The lowest BCUT2D eigenvalue weighted by Crippen LogP contribution is -2.44. The van der Waals surface area contributed by atoms with Crippen LogP contribution in [0.15, 0.2) is 17.5 Å². The number of rotatable bonds is 7. The van der Waals surface area contributed by atoms with Gasteiger partial charge in [0.15, 0.2) is 0 Å². The van der Waals surface area contributed by atoms with E-state index in [2.05, 4.69) is 10.2 Å². The number of aliphatic carboxylic acids is 1. The molecule has 1 aliphatic heterocycles. The summed E-state index contributed by atoms with van der Waals surface area (Å²) < 4.78 is 0. The first-order valence-electron chi connectivity index (χ1n) is 8.00. The highest BCUT2D eigenvalue weighted by molar-refractivity contribution is 7.10. The van der Waals surface area contributed by atoms with Crippen molar-refractivity contribution in [2.45, 2.75) is 44.2 Å². The summed E-state index contributed by atoms with van der Waals surface area (Å²) in [7, 11) is 0. The van der Waals surface area contributed by atoms with E-state index in [9.17, 15) is 14.7 Å². The Kier molecular flexibility index (Phi) is 9.28. The molecule has 6 nitrogen and oxygen atoms in total. The van der Waals surface area contributed by atoms with Crippen LogP contribution in [0.3, 0.4) is 0 Å². The second-order valence-corrected chi connectivity index (χ2v) is 6.89. The molecule has 8 heteroatoms. The molecule has 2 atom stereocenters. The van der Waals surface area contributed by atoms with E-state index >= 15 is 0 Å². The molecular weight excluding hydrogens is 352 g/mol. The lowest BCUT2D eigenvalue weighted by atomic mass is 10.0. The van der Waals surface area contributed by atoms with Gasteiger partial charge in [0.25, 0.3) is 0 Å². The lowest BCUT2D eigenvalue weighted by Gasteiger charge is -2.30. The van der Waals surface area contributed by atoms with Crippen molar-refractivity contribution in [2.24, 2.45) is 0 Å². The van der Waals surface area contributed by atoms with Gasteiger partial charge in [-0.2, -0.15) is 0 Å². The number of carbonyl (C=O) groups excluding carboxylic acids is 1. The molecule has 1 aliphatic rings. The van der Waals surface area contributed by atoms with Crippen molar-refractivity contribution in [2.75, 3.05) is 19.6 Å².